The number of nitrogens with zero attached hydrogens (tertiary/aromatic N) is 2. The highest BCUT2D eigenvalue weighted by atomic mass is 32.2. The SMILES string of the molecule is CC1CN(c2cnccc2C(N)=S)CCS1. The maximum atomic E-state index is 5.73. The molecule has 0 radical (unpaired) electrons. The van der Waals surface area contributed by atoms with E-state index in [0.717, 1.165) is 30.1 Å². The zero-order valence-corrected chi connectivity index (χ0v) is 10.9. The summed E-state index contributed by atoms with van der Waals surface area (Å²) in [5, 5.41) is 0.646. The topological polar surface area (TPSA) is 42.2 Å². The minimum Gasteiger partial charge on any atom is -0.389 e. The van der Waals surface area contributed by atoms with Crippen molar-refractivity contribution in [2.24, 2.45) is 5.73 Å². The fraction of sp³-hybridized carbons (Fsp3) is 0.455. The molecule has 1 aliphatic rings. The van der Waals surface area contributed by atoms with Gasteiger partial charge in [0.1, 0.15) is 4.99 Å². The lowest BCUT2D eigenvalue weighted by Gasteiger charge is -2.33. The molecule has 0 amide bonds. The molecule has 1 saturated heterocycles. The number of aromatic nitrogens is 1. The van der Waals surface area contributed by atoms with Gasteiger partial charge < -0.3 is 10.6 Å². The van der Waals surface area contributed by atoms with Crippen LogP contribution in [0.2, 0.25) is 0 Å². The molecule has 1 aromatic heterocycles. The van der Waals surface area contributed by atoms with Gasteiger partial charge in [0.05, 0.1) is 11.9 Å². The zero-order valence-electron chi connectivity index (χ0n) is 9.22. The van der Waals surface area contributed by atoms with Crippen LogP contribution in [-0.2, 0) is 0 Å². The van der Waals surface area contributed by atoms with Gasteiger partial charge in [-0.2, -0.15) is 11.8 Å². The number of pyridine rings is 1. The Bertz CT molecular complexity index is 395. The zero-order chi connectivity index (χ0) is 11.5. The maximum Gasteiger partial charge on any atom is 0.106 e. The van der Waals surface area contributed by atoms with Crippen LogP contribution in [-0.4, -0.2) is 34.1 Å². The van der Waals surface area contributed by atoms with Crippen molar-refractivity contribution >= 4 is 34.7 Å². The standard InChI is InChI=1S/C11H15N3S2/c1-8-7-14(4-5-16-8)10-6-13-3-2-9(10)11(12)15/h2-3,6,8H,4-5,7H2,1H3,(H2,12,15). The van der Waals surface area contributed by atoms with Crippen LogP contribution in [0, 0.1) is 0 Å². The molecule has 5 heteroatoms. The number of rotatable bonds is 2. The average molecular weight is 253 g/mol. The van der Waals surface area contributed by atoms with Crippen LogP contribution in [0.3, 0.4) is 0 Å². The van der Waals surface area contributed by atoms with E-state index in [1.807, 2.05) is 24.0 Å². The first-order valence-corrected chi connectivity index (χ1v) is 6.74. The van der Waals surface area contributed by atoms with Gasteiger partial charge in [-0.15, -0.1) is 0 Å². The van der Waals surface area contributed by atoms with Crippen molar-refractivity contribution in [3.05, 3.63) is 24.0 Å². The van der Waals surface area contributed by atoms with E-state index < -0.39 is 0 Å². The molecule has 2 rings (SSSR count). The predicted molar refractivity (Wildman–Crippen MR) is 74.3 cm³/mol. The largest absolute Gasteiger partial charge is 0.389 e. The fourth-order valence-electron chi connectivity index (χ4n) is 1.88. The number of hydrogen-bond acceptors (Lipinski definition) is 4. The number of anilines is 1. The molecular weight excluding hydrogens is 238 g/mol. The monoisotopic (exact) mass is 253 g/mol. The summed E-state index contributed by atoms with van der Waals surface area (Å²) >= 11 is 7.07. The summed E-state index contributed by atoms with van der Waals surface area (Å²) in [7, 11) is 0. The molecule has 1 aliphatic heterocycles. The van der Waals surface area contributed by atoms with Crippen LogP contribution < -0.4 is 10.6 Å². The smallest absolute Gasteiger partial charge is 0.106 e. The van der Waals surface area contributed by atoms with Gasteiger partial charge in [0.15, 0.2) is 0 Å². The van der Waals surface area contributed by atoms with Gasteiger partial charge in [-0.25, -0.2) is 0 Å². The van der Waals surface area contributed by atoms with Crippen LogP contribution in [0.15, 0.2) is 18.5 Å². The van der Waals surface area contributed by atoms with Crippen molar-refractivity contribution in [2.75, 3.05) is 23.7 Å². The van der Waals surface area contributed by atoms with Crippen LogP contribution in [0.5, 0.6) is 0 Å². The highest BCUT2D eigenvalue weighted by Gasteiger charge is 2.19. The van der Waals surface area contributed by atoms with Crippen molar-refractivity contribution in [1.29, 1.82) is 0 Å². The van der Waals surface area contributed by atoms with Crippen molar-refractivity contribution in [2.45, 2.75) is 12.2 Å². The van der Waals surface area contributed by atoms with Gasteiger partial charge in [-0.3, -0.25) is 4.98 Å². The van der Waals surface area contributed by atoms with Gasteiger partial charge in [0.25, 0.3) is 0 Å². The quantitative estimate of drug-likeness (QED) is 0.812. The lowest BCUT2D eigenvalue weighted by atomic mass is 10.2. The molecule has 0 saturated carbocycles. The fourth-order valence-corrected chi connectivity index (χ4v) is 3.07. The van der Waals surface area contributed by atoms with Crippen molar-refractivity contribution in [3.63, 3.8) is 0 Å². The van der Waals surface area contributed by atoms with Crippen LogP contribution in [0.4, 0.5) is 5.69 Å². The summed E-state index contributed by atoms with van der Waals surface area (Å²) < 4.78 is 0. The third kappa shape index (κ3) is 2.47. The molecule has 1 fully saturated rings. The van der Waals surface area contributed by atoms with E-state index in [-0.39, 0.29) is 0 Å². The molecule has 1 aromatic rings. The summed E-state index contributed by atoms with van der Waals surface area (Å²) in [6, 6.07) is 1.89. The molecule has 2 heterocycles. The number of thiocarbonyl (C=S) groups is 1. The molecule has 1 atom stereocenters. The predicted octanol–water partition coefficient (Wildman–Crippen LogP) is 1.66. The number of hydrogen-bond donors (Lipinski definition) is 1. The summed E-state index contributed by atoms with van der Waals surface area (Å²) in [6.07, 6.45) is 3.59. The summed E-state index contributed by atoms with van der Waals surface area (Å²) in [6.45, 7) is 4.32. The molecule has 86 valence electrons. The molecular formula is C11H15N3S2. The van der Waals surface area contributed by atoms with E-state index >= 15 is 0 Å². The van der Waals surface area contributed by atoms with Crippen molar-refractivity contribution in [1.82, 2.24) is 4.98 Å². The third-order valence-corrected chi connectivity index (χ3v) is 4.00. The first kappa shape index (κ1) is 11.7. The molecule has 16 heavy (non-hydrogen) atoms. The van der Waals surface area contributed by atoms with Gasteiger partial charge in [-0.05, 0) is 6.07 Å². The first-order valence-electron chi connectivity index (χ1n) is 5.29. The number of thioether (sulfide) groups is 1. The van der Waals surface area contributed by atoms with Crippen molar-refractivity contribution in [3.8, 4) is 0 Å². The molecule has 0 aromatic carbocycles. The van der Waals surface area contributed by atoms with Gasteiger partial charge in [-0.1, -0.05) is 19.1 Å². The van der Waals surface area contributed by atoms with Crippen molar-refractivity contribution < 1.29 is 0 Å². The van der Waals surface area contributed by atoms with E-state index in [0.29, 0.717) is 10.2 Å². The molecule has 1 unspecified atom stereocenters. The van der Waals surface area contributed by atoms with Gasteiger partial charge in [0, 0.05) is 35.9 Å². The molecule has 0 bridgehead atoms. The Kier molecular flexibility index (Phi) is 3.66. The van der Waals surface area contributed by atoms with Crippen LogP contribution in [0.1, 0.15) is 12.5 Å². The lowest BCUT2D eigenvalue weighted by Crippen LogP contribution is -2.37. The maximum absolute atomic E-state index is 5.73. The average Bonchev–Trinajstić information content (AvgIpc) is 2.29. The highest BCUT2D eigenvalue weighted by Crippen LogP contribution is 2.25. The normalized spacial score (nSPS) is 20.8. The van der Waals surface area contributed by atoms with Crippen LogP contribution in [0.25, 0.3) is 0 Å². The molecule has 0 spiro atoms. The number of nitrogens with two attached hydrogens (primary N) is 1. The van der Waals surface area contributed by atoms with Gasteiger partial charge in [0.2, 0.25) is 0 Å². The molecule has 0 aliphatic carbocycles. The minimum absolute atomic E-state index is 0.447. The Balaban J connectivity index is 2.28. The van der Waals surface area contributed by atoms with E-state index in [2.05, 4.69) is 16.8 Å². The third-order valence-electron chi connectivity index (χ3n) is 2.65. The second-order valence-corrected chi connectivity index (χ2v) is 5.87. The summed E-state index contributed by atoms with van der Waals surface area (Å²) in [5.74, 6) is 1.15. The summed E-state index contributed by atoms with van der Waals surface area (Å²) in [4.78, 5) is 6.93. The van der Waals surface area contributed by atoms with E-state index in [9.17, 15) is 0 Å². The van der Waals surface area contributed by atoms with E-state index in [1.54, 1.807) is 6.20 Å². The minimum atomic E-state index is 0.447. The summed E-state index contributed by atoms with van der Waals surface area (Å²) in [5.41, 5.74) is 7.73. The second-order valence-electron chi connectivity index (χ2n) is 3.88. The van der Waals surface area contributed by atoms with E-state index in [4.69, 9.17) is 18.0 Å². The Hall–Kier alpha value is -0.810. The van der Waals surface area contributed by atoms with Crippen LogP contribution >= 0.6 is 24.0 Å². The Morgan fingerprint density at radius 1 is 1.69 bits per heavy atom. The van der Waals surface area contributed by atoms with Gasteiger partial charge >= 0.3 is 0 Å². The Labute approximate surface area is 105 Å². The Morgan fingerprint density at radius 2 is 2.50 bits per heavy atom. The second kappa shape index (κ2) is 5.01. The first-order chi connectivity index (χ1) is 7.68. The lowest BCUT2D eigenvalue weighted by molar-refractivity contribution is 0.780. The van der Waals surface area contributed by atoms with E-state index in [1.165, 1.54) is 0 Å². The Morgan fingerprint density at radius 3 is 3.19 bits per heavy atom. The molecule has 3 nitrogen and oxygen atoms in total. The molecule has 2 N–H and O–H groups in total. The highest BCUT2D eigenvalue weighted by molar-refractivity contribution is 8.00.